The summed E-state index contributed by atoms with van der Waals surface area (Å²) in [6.07, 6.45) is 1.73. The smallest absolute Gasteiger partial charge is 0.213 e. The molecular weight excluding hydrogens is 365 g/mol. The number of rotatable bonds is 2. The maximum absolute atomic E-state index is 14.6. The lowest BCUT2D eigenvalue weighted by Gasteiger charge is -2.08. The van der Waals surface area contributed by atoms with E-state index >= 15 is 0 Å². The summed E-state index contributed by atoms with van der Waals surface area (Å²) in [5, 5.41) is 2.34. The lowest BCUT2D eigenvalue weighted by atomic mass is 10.00. The van der Waals surface area contributed by atoms with Crippen molar-refractivity contribution in [1.82, 2.24) is 15.0 Å². The van der Waals surface area contributed by atoms with Gasteiger partial charge in [0.1, 0.15) is 5.82 Å². The molecule has 0 aliphatic carbocycles. The first-order valence-electron chi connectivity index (χ1n) is 8.25. The van der Waals surface area contributed by atoms with E-state index in [1.807, 2.05) is 42.5 Å². The van der Waals surface area contributed by atoms with Crippen molar-refractivity contribution in [2.24, 2.45) is 0 Å². The largest absolute Gasteiger partial charge is 0.481 e. The third-order valence-corrected chi connectivity index (χ3v) is 4.65. The van der Waals surface area contributed by atoms with Gasteiger partial charge in [0.25, 0.3) is 0 Å². The highest BCUT2D eigenvalue weighted by atomic mass is 35.5. The van der Waals surface area contributed by atoms with Crippen LogP contribution in [0.4, 0.5) is 4.39 Å². The van der Waals surface area contributed by atoms with Gasteiger partial charge in [0.2, 0.25) is 5.88 Å². The van der Waals surface area contributed by atoms with Gasteiger partial charge in [-0.05, 0) is 23.6 Å². The number of ether oxygens (including phenoxy) is 1. The first-order chi connectivity index (χ1) is 12.8. The van der Waals surface area contributed by atoms with Gasteiger partial charge in [-0.1, -0.05) is 30.3 Å². The summed E-state index contributed by atoms with van der Waals surface area (Å²) in [7, 11) is 1.59. The summed E-state index contributed by atoms with van der Waals surface area (Å²) in [5.74, 6) is 0.292. The van der Waals surface area contributed by atoms with Crippen molar-refractivity contribution in [3.63, 3.8) is 0 Å². The van der Waals surface area contributed by atoms with E-state index in [1.165, 1.54) is 6.07 Å². The predicted molar refractivity (Wildman–Crippen MR) is 108 cm³/mol. The van der Waals surface area contributed by atoms with Crippen molar-refractivity contribution < 1.29 is 9.13 Å². The Kier molecular flexibility index (Phi) is 4.16. The predicted octanol–water partition coefficient (Wildman–Crippen LogP) is 5.50. The Morgan fingerprint density at radius 2 is 1.81 bits per heavy atom. The standard InChI is InChI=1S/C21H14FN3O.ClH/c1-26-17-9-8-16-19(25-17)14-10-11-23-20(21(14)24-16)13-6-2-4-12-5-3-7-15(22)18(12)13;/h2-11,24H,1H3;1H. The van der Waals surface area contributed by atoms with E-state index in [0.717, 1.165) is 32.9 Å². The summed E-state index contributed by atoms with van der Waals surface area (Å²) in [5.41, 5.74) is 3.98. The second-order valence-corrected chi connectivity index (χ2v) is 6.10. The molecule has 1 N–H and O–H groups in total. The van der Waals surface area contributed by atoms with Crippen molar-refractivity contribution in [3.05, 3.63) is 66.6 Å². The maximum atomic E-state index is 14.6. The number of aromatic amines is 1. The molecule has 134 valence electrons. The highest BCUT2D eigenvalue weighted by Gasteiger charge is 2.15. The van der Waals surface area contributed by atoms with Crippen molar-refractivity contribution >= 4 is 45.1 Å². The molecular formula is C21H15ClFN3O. The number of pyridine rings is 2. The normalized spacial score (nSPS) is 11.0. The number of nitrogens with zero attached hydrogens (tertiary/aromatic N) is 2. The number of methoxy groups -OCH3 is 1. The van der Waals surface area contributed by atoms with Crippen LogP contribution < -0.4 is 4.74 Å². The Morgan fingerprint density at radius 1 is 1.00 bits per heavy atom. The van der Waals surface area contributed by atoms with Crippen molar-refractivity contribution in [2.45, 2.75) is 0 Å². The van der Waals surface area contributed by atoms with Crippen LogP contribution in [0.3, 0.4) is 0 Å². The van der Waals surface area contributed by atoms with Gasteiger partial charge in [-0.25, -0.2) is 9.37 Å². The van der Waals surface area contributed by atoms with Crippen LogP contribution in [0.25, 0.3) is 44.0 Å². The molecule has 0 unspecified atom stereocenters. The van der Waals surface area contributed by atoms with E-state index in [9.17, 15) is 4.39 Å². The fourth-order valence-corrected chi connectivity index (χ4v) is 3.48. The summed E-state index contributed by atoms with van der Waals surface area (Å²) >= 11 is 0. The van der Waals surface area contributed by atoms with Crippen LogP contribution in [0.15, 0.2) is 60.8 Å². The molecule has 6 heteroatoms. The van der Waals surface area contributed by atoms with Gasteiger partial charge in [0.05, 0.1) is 29.4 Å². The number of nitrogens with one attached hydrogen (secondary N) is 1. The summed E-state index contributed by atoms with van der Waals surface area (Å²) < 4.78 is 19.8. The number of benzene rings is 2. The van der Waals surface area contributed by atoms with E-state index in [2.05, 4.69) is 15.0 Å². The number of hydrogen-bond acceptors (Lipinski definition) is 3. The minimum absolute atomic E-state index is 0. The van der Waals surface area contributed by atoms with E-state index < -0.39 is 0 Å². The van der Waals surface area contributed by atoms with Gasteiger partial charge >= 0.3 is 0 Å². The summed E-state index contributed by atoms with van der Waals surface area (Å²) in [6, 6.07) is 16.5. The van der Waals surface area contributed by atoms with Gasteiger partial charge in [0.15, 0.2) is 0 Å². The molecule has 0 saturated heterocycles. The lowest BCUT2D eigenvalue weighted by molar-refractivity contribution is 0.399. The fraction of sp³-hybridized carbons (Fsp3) is 0.0476. The van der Waals surface area contributed by atoms with E-state index in [1.54, 1.807) is 19.4 Å². The number of H-pyrrole nitrogens is 1. The van der Waals surface area contributed by atoms with Gasteiger partial charge in [-0.15, -0.1) is 12.4 Å². The quantitative estimate of drug-likeness (QED) is 0.440. The zero-order valence-electron chi connectivity index (χ0n) is 14.4. The van der Waals surface area contributed by atoms with E-state index in [4.69, 9.17) is 4.74 Å². The SMILES string of the molecule is COc1ccc2[nH]c3c(-c4cccc5cccc(F)c45)nccc3c2n1.Cl. The average molecular weight is 380 g/mol. The Morgan fingerprint density at radius 3 is 2.63 bits per heavy atom. The highest BCUT2D eigenvalue weighted by Crippen LogP contribution is 2.35. The second kappa shape index (κ2) is 6.52. The highest BCUT2D eigenvalue weighted by molar-refractivity contribution is 6.11. The zero-order valence-corrected chi connectivity index (χ0v) is 15.2. The number of aromatic nitrogens is 3. The number of fused-ring (bicyclic) bond motifs is 4. The summed E-state index contributed by atoms with van der Waals surface area (Å²) in [4.78, 5) is 12.5. The third-order valence-electron chi connectivity index (χ3n) is 4.65. The molecule has 0 aliphatic heterocycles. The molecule has 0 atom stereocenters. The molecule has 5 aromatic rings. The van der Waals surface area contributed by atoms with Crippen molar-refractivity contribution in [3.8, 4) is 17.1 Å². The Labute approximate surface area is 160 Å². The van der Waals surface area contributed by atoms with Crippen molar-refractivity contribution in [1.29, 1.82) is 0 Å². The van der Waals surface area contributed by atoms with Crippen LogP contribution in [-0.2, 0) is 0 Å². The minimum atomic E-state index is -0.257. The van der Waals surface area contributed by atoms with Crippen LogP contribution in [0.1, 0.15) is 0 Å². The Balaban J connectivity index is 0.00000180. The first kappa shape index (κ1) is 17.2. The van der Waals surface area contributed by atoms with E-state index in [-0.39, 0.29) is 18.2 Å². The molecule has 2 aromatic carbocycles. The van der Waals surface area contributed by atoms with Crippen LogP contribution >= 0.6 is 12.4 Å². The second-order valence-electron chi connectivity index (χ2n) is 6.10. The maximum Gasteiger partial charge on any atom is 0.213 e. The molecule has 3 aromatic heterocycles. The van der Waals surface area contributed by atoms with Crippen LogP contribution in [0, 0.1) is 5.82 Å². The Bertz CT molecular complexity index is 1290. The molecule has 0 fully saturated rings. The number of hydrogen-bond donors (Lipinski definition) is 1. The molecule has 0 bridgehead atoms. The molecule has 5 rings (SSSR count). The Hall–Kier alpha value is -3.18. The summed E-state index contributed by atoms with van der Waals surface area (Å²) in [6.45, 7) is 0. The lowest BCUT2D eigenvalue weighted by Crippen LogP contribution is -1.89. The van der Waals surface area contributed by atoms with Gasteiger partial charge in [-0.3, -0.25) is 4.98 Å². The molecule has 4 nitrogen and oxygen atoms in total. The molecule has 0 saturated carbocycles. The van der Waals surface area contributed by atoms with Gasteiger partial charge in [-0.2, -0.15) is 0 Å². The first-order valence-corrected chi connectivity index (χ1v) is 8.25. The average Bonchev–Trinajstić information content (AvgIpc) is 3.05. The number of halogens is 2. The zero-order chi connectivity index (χ0) is 17.7. The molecule has 0 amide bonds. The molecule has 27 heavy (non-hydrogen) atoms. The molecule has 0 spiro atoms. The van der Waals surface area contributed by atoms with E-state index in [0.29, 0.717) is 17.0 Å². The monoisotopic (exact) mass is 379 g/mol. The van der Waals surface area contributed by atoms with Crippen LogP contribution in [0.2, 0.25) is 0 Å². The third kappa shape index (κ3) is 2.59. The van der Waals surface area contributed by atoms with Crippen LogP contribution in [-0.4, -0.2) is 22.1 Å². The topological polar surface area (TPSA) is 50.8 Å². The van der Waals surface area contributed by atoms with Crippen LogP contribution in [0.5, 0.6) is 5.88 Å². The minimum Gasteiger partial charge on any atom is -0.481 e. The fourth-order valence-electron chi connectivity index (χ4n) is 3.48. The molecule has 3 heterocycles. The molecule has 0 aliphatic rings. The van der Waals surface area contributed by atoms with Gasteiger partial charge in [0, 0.05) is 28.6 Å². The molecule has 0 radical (unpaired) electrons. The van der Waals surface area contributed by atoms with Gasteiger partial charge < -0.3 is 9.72 Å². The van der Waals surface area contributed by atoms with Crippen molar-refractivity contribution in [2.75, 3.05) is 7.11 Å².